The molecular weight excluding hydrogens is 390 g/mol. The minimum absolute atomic E-state index is 0.0198. The van der Waals surface area contributed by atoms with Crippen LogP contribution >= 0.6 is 11.6 Å². The summed E-state index contributed by atoms with van der Waals surface area (Å²) >= 11 is 5.86. The van der Waals surface area contributed by atoms with Crippen molar-refractivity contribution in [1.29, 1.82) is 0 Å². The van der Waals surface area contributed by atoms with E-state index in [-0.39, 0.29) is 12.3 Å². The molecule has 2 aromatic heterocycles. The van der Waals surface area contributed by atoms with Crippen molar-refractivity contribution in [3.8, 4) is 0 Å². The van der Waals surface area contributed by atoms with E-state index in [1.54, 1.807) is 36.5 Å². The van der Waals surface area contributed by atoms with Gasteiger partial charge in [0.05, 0.1) is 6.54 Å². The van der Waals surface area contributed by atoms with Crippen LogP contribution in [-0.2, 0) is 4.79 Å². The van der Waals surface area contributed by atoms with Crippen molar-refractivity contribution in [2.24, 2.45) is 5.73 Å². The third-order valence-electron chi connectivity index (χ3n) is 4.44. The Bertz CT molecular complexity index is 1040. The van der Waals surface area contributed by atoms with E-state index in [0.29, 0.717) is 34.2 Å². The molecule has 1 aliphatic rings. The molecule has 2 heterocycles. The van der Waals surface area contributed by atoms with Crippen LogP contribution in [0.3, 0.4) is 0 Å². The van der Waals surface area contributed by atoms with Crippen molar-refractivity contribution < 1.29 is 4.79 Å². The van der Waals surface area contributed by atoms with Crippen molar-refractivity contribution in [3.05, 3.63) is 65.0 Å². The zero-order valence-corrected chi connectivity index (χ0v) is 16.3. The number of carbonyl (C=O) groups is 1. The molecule has 4 rings (SSSR count). The number of rotatable bonds is 8. The predicted octanol–water partition coefficient (Wildman–Crippen LogP) is 3.45. The minimum atomic E-state index is -0.194. The quantitative estimate of drug-likeness (QED) is 0.420. The standard InChI is InChI=1S/C20H20ClN7O/c21-14-5-3-12(4-6-14)16(22)9-15(29)11-24-20-23-8-7-18(26-20)25-19-10-17(27-28-19)13-1-2-13/h3-10,13H,1-2,11,22H2,(H3,23,24,25,26,27,28)/b16-9-. The lowest BCUT2D eigenvalue weighted by molar-refractivity contribution is -0.113. The van der Waals surface area contributed by atoms with Gasteiger partial charge in [-0.3, -0.25) is 9.89 Å². The number of nitrogens with one attached hydrogen (secondary N) is 3. The largest absolute Gasteiger partial charge is 0.398 e. The van der Waals surface area contributed by atoms with Gasteiger partial charge < -0.3 is 16.4 Å². The van der Waals surface area contributed by atoms with Crippen molar-refractivity contribution >= 4 is 40.7 Å². The Hall–Kier alpha value is -3.39. The minimum Gasteiger partial charge on any atom is -0.398 e. The Morgan fingerprint density at radius 1 is 1.24 bits per heavy atom. The van der Waals surface area contributed by atoms with Gasteiger partial charge >= 0.3 is 0 Å². The van der Waals surface area contributed by atoms with Gasteiger partial charge in [0.15, 0.2) is 11.6 Å². The number of nitrogens with zero attached hydrogens (tertiary/aromatic N) is 3. The van der Waals surface area contributed by atoms with Crippen LogP contribution in [0.5, 0.6) is 0 Å². The molecular formula is C20H20ClN7O. The molecule has 0 saturated heterocycles. The van der Waals surface area contributed by atoms with Crippen molar-refractivity contribution in [2.75, 3.05) is 17.2 Å². The molecule has 148 valence electrons. The lowest BCUT2D eigenvalue weighted by atomic mass is 10.1. The molecule has 1 aliphatic carbocycles. The number of hydrogen-bond acceptors (Lipinski definition) is 7. The highest BCUT2D eigenvalue weighted by Gasteiger charge is 2.25. The Labute approximate surface area is 172 Å². The van der Waals surface area contributed by atoms with Gasteiger partial charge in [0.2, 0.25) is 5.95 Å². The monoisotopic (exact) mass is 409 g/mol. The van der Waals surface area contributed by atoms with Gasteiger partial charge in [0, 0.05) is 40.7 Å². The summed E-state index contributed by atoms with van der Waals surface area (Å²) in [4.78, 5) is 20.7. The van der Waals surface area contributed by atoms with E-state index in [2.05, 4.69) is 30.8 Å². The average molecular weight is 410 g/mol. The van der Waals surface area contributed by atoms with Crippen LogP contribution in [0.25, 0.3) is 5.70 Å². The molecule has 3 aromatic rings. The van der Waals surface area contributed by atoms with Gasteiger partial charge in [-0.1, -0.05) is 23.7 Å². The molecule has 1 fully saturated rings. The van der Waals surface area contributed by atoms with Crippen LogP contribution in [0.1, 0.15) is 30.0 Å². The first-order valence-electron chi connectivity index (χ1n) is 9.22. The molecule has 1 aromatic carbocycles. The Balaban J connectivity index is 1.34. The molecule has 0 aliphatic heterocycles. The Morgan fingerprint density at radius 3 is 2.79 bits per heavy atom. The molecule has 8 nitrogen and oxygen atoms in total. The fourth-order valence-electron chi connectivity index (χ4n) is 2.77. The number of ketones is 1. The van der Waals surface area contributed by atoms with Gasteiger partial charge in [-0.15, -0.1) is 0 Å². The molecule has 0 spiro atoms. The number of anilines is 3. The van der Waals surface area contributed by atoms with Crippen LogP contribution in [0, 0.1) is 0 Å². The maximum Gasteiger partial charge on any atom is 0.224 e. The van der Waals surface area contributed by atoms with Gasteiger partial charge in [-0.25, -0.2) is 4.98 Å². The molecule has 0 unspecified atom stereocenters. The summed E-state index contributed by atoms with van der Waals surface area (Å²) < 4.78 is 0. The molecule has 5 N–H and O–H groups in total. The maximum atomic E-state index is 12.2. The van der Waals surface area contributed by atoms with Gasteiger partial charge in [0.1, 0.15) is 5.82 Å². The number of H-pyrrole nitrogens is 1. The van der Waals surface area contributed by atoms with E-state index in [1.165, 1.54) is 18.9 Å². The molecule has 1 saturated carbocycles. The number of carbonyl (C=O) groups excluding carboxylic acids is 1. The smallest absolute Gasteiger partial charge is 0.224 e. The maximum absolute atomic E-state index is 12.2. The zero-order valence-electron chi connectivity index (χ0n) is 15.5. The van der Waals surface area contributed by atoms with E-state index in [1.807, 2.05) is 6.07 Å². The van der Waals surface area contributed by atoms with Gasteiger partial charge in [0.25, 0.3) is 0 Å². The van der Waals surface area contributed by atoms with Crippen LogP contribution in [0.15, 0.2) is 48.7 Å². The first kappa shape index (κ1) is 18.9. The summed E-state index contributed by atoms with van der Waals surface area (Å²) in [6, 6.07) is 10.7. The van der Waals surface area contributed by atoms with Gasteiger partial charge in [-0.2, -0.15) is 10.1 Å². The molecule has 0 bridgehead atoms. The SMILES string of the molecule is N/C(=C\C(=O)CNc1nccc(Nc2cc(C3CC3)[nH]n2)n1)c1ccc(Cl)cc1. The average Bonchev–Trinajstić information content (AvgIpc) is 3.46. The highest BCUT2D eigenvalue weighted by atomic mass is 35.5. The fraction of sp³-hybridized carbons (Fsp3) is 0.200. The topological polar surface area (TPSA) is 122 Å². The highest BCUT2D eigenvalue weighted by Crippen LogP contribution is 2.39. The summed E-state index contributed by atoms with van der Waals surface area (Å²) in [5.41, 5.74) is 8.21. The van der Waals surface area contributed by atoms with Crippen LogP contribution in [-0.4, -0.2) is 32.5 Å². The van der Waals surface area contributed by atoms with Crippen LogP contribution < -0.4 is 16.4 Å². The second-order valence-electron chi connectivity index (χ2n) is 6.80. The summed E-state index contributed by atoms with van der Waals surface area (Å²) in [7, 11) is 0. The zero-order chi connectivity index (χ0) is 20.2. The number of hydrogen-bond donors (Lipinski definition) is 4. The fourth-order valence-corrected chi connectivity index (χ4v) is 2.89. The summed E-state index contributed by atoms with van der Waals surface area (Å²) in [6.45, 7) is 0.0198. The Morgan fingerprint density at radius 2 is 2.03 bits per heavy atom. The normalized spacial score (nSPS) is 13.9. The molecule has 0 atom stereocenters. The Kier molecular flexibility index (Phi) is 5.44. The number of aromatic nitrogens is 4. The van der Waals surface area contributed by atoms with E-state index in [4.69, 9.17) is 17.3 Å². The van der Waals surface area contributed by atoms with Crippen LogP contribution in [0.4, 0.5) is 17.6 Å². The molecule has 0 amide bonds. The lowest BCUT2D eigenvalue weighted by Gasteiger charge is -2.06. The second-order valence-corrected chi connectivity index (χ2v) is 7.24. The molecule has 0 radical (unpaired) electrons. The van der Waals surface area contributed by atoms with Crippen LogP contribution in [0.2, 0.25) is 5.02 Å². The van der Waals surface area contributed by atoms with E-state index in [0.717, 1.165) is 11.3 Å². The predicted molar refractivity (Wildman–Crippen MR) is 113 cm³/mol. The lowest BCUT2D eigenvalue weighted by Crippen LogP contribution is -2.15. The van der Waals surface area contributed by atoms with E-state index >= 15 is 0 Å². The first-order valence-corrected chi connectivity index (χ1v) is 9.60. The van der Waals surface area contributed by atoms with Crippen molar-refractivity contribution in [3.63, 3.8) is 0 Å². The van der Waals surface area contributed by atoms with E-state index in [9.17, 15) is 4.79 Å². The third-order valence-corrected chi connectivity index (χ3v) is 4.69. The summed E-state index contributed by atoms with van der Waals surface area (Å²) in [5, 5.41) is 13.9. The highest BCUT2D eigenvalue weighted by molar-refractivity contribution is 6.30. The first-order chi connectivity index (χ1) is 14.1. The number of halogens is 1. The molecule has 9 heteroatoms. The number of benzene rings is 1. The third kappa shape index (κ3) is 5.11. The second kappa shape index (κ2) is 8.32. The van der Waals surface area contributed by atoms with Crippen molar-refractivity contribution in [2.45, 2.75) is 18.8 Å². The number of aromatic amines is 1. The van der Waals surface area contributed by atoms with Crippen molar-refractivity contribution in [1.82, 2.24) is 20.2 Å². The van der Waals surface area contributed by atoms with Gasteiger partial charge in [-0.05, 0) is 36.6 Å². The summed E-state index contributed by atoms with van der Waals surface area (Å²) in [6.07, 6.45) is 5.39. The summed E-state index contributed by atoms with van der Waals surface area (Å²) in [5.74, 6) is 2.02. The number of nitrogens with two attached hydrogens (primary N) is 1. The van der Waals surface area contributed by atoms with E-state index < -0.39 is 0 Å². The molecule has 29 heavy (non-hydrogen) atoms.